The van der Waals surface area contributed by atoms with E-state index in [0.29, 0.717) is 17.8 Å². The Hall–Kier alpha value is -3.39. The fourth-order valence-electron chi connectivity index (χ4n) is 2.45. The number of thiazole rings is 1. The molecule has 0 fully saturated rings. The van der Waals surface area contributed by atoms with Crippen molar-refractivity contribution in [3.05, 3.63) is 83.5 Å². The van der Waals surface area contributed by atoms with Crippen LogP contribution < -0.4 is 0 Å². The molecule has 3 aromatic heterocycles. The normalized spacial score (nSPS) is 10.7. The van der Waals surface area contributed by atoms with Gasteiger partial charge in [0.05, 0.1) is 23.5 Å². The quantitative estimate of drug-likeness (QED) is 0.480. The van der Waals surface area contributed by atoms with E-state index in [0.717, 1.165) is 16.3 Å². The summed E-state index contributed by atoms with van der Waals surface area (Å²) in [4.78, 5) is 24.9. The molecule has 0 spiro atoms. The smallest absolute Gasteiger partial charge is 0.338 e. The molecule has 0 bridgehead atoms. The summed E-state index contributed by atoms with van der Waals surface area (Å²) in [7, 11) is 0. The maximum absolute atomic E-state index is 12.2. The van der Waals surface area contributed by atoms with Crippen molar-refractivity contribution in [3.63, 3.8) is 0 Å². The van der Waals surface area contributed by atoms with Gasteiger partial charge in [-0.2, -0.15) is 5.10 Å². The molecule has 0 unspecified atom stereocenters. The van der Waals surface area contributed by atoms with Crippen LogP contribution in [0.4, 0.5) is 0 Å². The largest absolute Gasteiger partial charge is 0.456 e. The third-order valence-corrected chi connectivity index (χ3v) is 4.70. The molecule has 0 aliphatic rings. The molecule has 4 aromatic rings. The second-order valence-electron chi connectivity index (χ2n) is 5.73. The highest BCUT2D eigenvalue weighted by atomic mass is 32.1. The molecule has 0 aliphatic carbocycles. The van der Waals surface area contributed by atoms with E-state index in [9.17, 15) is 4.79 Å². The molecule has 4 rings (SSSR count). The lowest BCUT2D eigenvalue weighted by Crippen LogP contribution is -2.06. The number of esters is 1. The first-order chi connectivity index (χ1) is 13.3. The molecule has 7 nitrogen and oxygen atoms in total. The van der Waals surface area contributed by atoms with Gasteiger partial charge in [0, 0.05) is 11.6 Å². The van der Waals surface area contributed by atoms with Crippen LogP contribution in [0.2, 0.25) is 0 Å². The summed E-state index contributed by atoms with van der Waals surface area (Å²) in [6.45, 7) is 0.729. The number of carbonyl (C=O) groups is 1. The van der Waals surface area contributed by atoms with Crippen molar-refractivity contribution in [1.29, 1.82) is 0 Å². The number of benzene rings is 1. The predicted octanol–water partition coefficient (Wildman–Crippen LogP) is 3.20. The van der Waals surface area contributed by atoms with Crippen LogP contribution in [0.25, 0.3) is 10.7 Å². The van der Waals surface area contributed by atoms with E-state index >= 15 is 0 Å². The summed E-state index contributed by atoms with van der Waals surface area (Å²) in [5.74, 6) is -0.380. The van der Waals surface area contributed by atoms with Crippen LogP contribution in [0.3, 0.4) is 0 Å². The molecule has 0 atom stereocenters. The van der Waals surface area contributed by atoms with E-state index in [-0.39, 0.29) is 12.6 Å². The summed E-state index contributed by atoms with van der Waals surface area (Å²) >= 11 is 1.48. The molecular formula is C19H15N5O2S. The summed E-state index contributed by atoms with van der Waals surface area (Å²) in [5, 5.41) is 6.74. The maximum atomic E-state index is 12.2. The number of ether oxygens (including phenoxy) is 1. The zero-order valence-corrected chi connectivity index (χ0v) is 15.0. The Kier molecular flexibility index (Phi) is 4.97. The molecule has 8 heteroatoms. The van der Waals surface area contributed by atoms with Crippen LogP contribution in [0, 0.1) is 0 Å². The minimum Gasteiger partial charge on any atom is -0.456 e. The van der Waals surface area contributed by atoms with E-state index in [1.807, 2.05) is 35.7 Å². The Balaban J connectivity index is 1.35. The first-order valence-electron chi connectivity index (χ1n) is 8.22. The molecule has 0 N–H and O–H groups in total. The molecule has 0 amide bonds. The summed E-state index contributed by atoms with van der Waals surface area (Å²) in [6.07, 6.45) is 4.86. The molecule has 0 aliphatic heterocycles. The number of aromatic nitrogens is 5. The number of carbonyl (C=O) groups excluding carboxylic acids is 1. The fraction of sp³-hybridized carbons (Fsp3) is 0.105. The average Bonchev–Trinajstić information content (AvgIpc) is 3.39. The van der Waals surface area contributed by atoms with Crippen LogP contribution in [0.5, 0.6) is 0 Å². The van der Waals surface area contributed by atoms with Gasteiger partial charge in [-0.05, 0) is 29.8 Å². The number of nitrogens with zero attached hydrogens (tertiary/aromatic N) is 5. The Morgan fingerprint density at radius 3 is 2.78 bits per heavy atom. The Morgan fingerprint density at radius 2 is 2.04 bits per heavy atom. The second kappa shape index (κ2) is 7.88. The molecule has 0 saturated carbocycles. The number of rotatable bonds is 6. The average molecular weight is 377 g/mol. The molecule has 134 valence electrons. The Labute approximate surface area is 159 Å². The van der Waals surface area contributed by atoms with Gasteiger partial charge in [0.15, 0.2) is 0 Å². The zero-order chi connectivity index (χ0) is 18.5. The number of pyridine rings is 1. The van der Waals surface area contributed by atoms with Crippen molar-refractivity contribution in [2.24, 2.45) is 0 Å². The van der Waals surface area contributed by atoms with Crippen molar-refractivity contribution in [1.82, 2.24) is 24.7 Å². The van der Waals surface area contributed by atoms with Gasteiger partial charge in [-0.1, -0.05) is 18.2 Å². The van der Waals surface area contributed by atoms with E-state index in [1.54, 1.807) is 29.3 Å². The standard InChI is InChI=1S/C19H15N5O2S/c25-19(15-6-4-14(5-7-15)9-24-13-20-12-22-24)26-10-16-11-27-18(23-16)17-3-1-2-8-21-17/h1-8,11-13H,9-10H2. The van der Waals surface area contributed by atoms with Gasteiger partial charge < -0.3 is 4.74 Å². The van der Waals surface area contributed by atoms with Crippen molar-refractivity contribution < 1.29 is 9.53 Å². The van der Waals surface area contributed by atoms with Crippen LogP contribution in [-0.4, -0.2) is 30.7 Å². The summed E-state index contributed by atoms with van der Waals surface area (Å²) in [5.41, 5.74) is 3.04. The van der Waals surface area contributed by atoms with Crippen LogP contribution in [0.1, 0.15) is 21.6 Å². The number of hydrogen-bond donors (Lipinski definition) is 0. The molecule has 0 radical (unpaired) electrons. The van der Waals surface area contributed by atoms with Crippen molar-refractivity contribution in [2.75, 3.05) is 0 Å². The van der Waals surface area contributed by atoms with Gasteiger partial charge >= 0.3 is 5.97 Å². The highest BCUT2D eigenvalue weighted by Crippen LogP contribution is 2.21. The summed E-state index contributed by atoms with van der Waals surface area (Å²) in [6, 6.07) is 12.9. The van der Waals surface area contributed by atoms with Crippen LogP contribution in [0.15, 0.2) is 66.7 Å². The van der Waals surface area contributed by atoms with Gasteiger partial charge in [-0.15, -0.1) is 11.3 Å². The molecule has 1 aromatic carbocycles. The number of hydrogen-bond acceptors (Lipinski definition) is 7. The lowest BCUT2D eigenvalue weighted by Gasteiger charge is -2.05. The van der Waals surface area contributed by atoms with Crippen LogP contribution >= 0.6 is 11.3 Å². The fourth-order valence-corrected chi connectivity index (χ4v) is 3.23. The topological polar surface area (TPSA) is 82.8 Å². The van der Waals surface area contributed by atoms with Crippen LogP contribution in [-0.2, 0) is 17.9 Å². The van der Waals surface area contributed by atoms with Crippen molar-refractivity contribution in [2.45, 2.75) is 13.2 Å². The molecule has 27 heavy (non-hydrogen) atoms. The lowest BCUT2D eigenvalue weighted by molar-refractivity contribution is 0.0468. The van der Waals surface area contributed by atoms with Gasteiger partial charge in [0.25, 0.3) is 0 Å². The van der Waals surface area contributed by atoms with E-state index in [4.69, 9.17) is 4.74 Å². The predicted molar refractivity (Wildman–Crippen MR) is 100 cm³/mol. The van der Waals surface area contributed by atoms with Gasteiger partial charge in [-0.3, -0.25) is 4.98 Å². The monoisotopic (exact) mass is 377 g/mol. The van der Waals surface area contributed by atoms with E-state index < -0.39 is 0 Å². The minimum absolute atomic E-state index is 0.128. The lowest BCUT2D eigenvalue weighted by atomic mass is 10.1. The van der Waals surface area contributed by atoms with Gasteiger partial charge in [0.2, 0.25) is 0 Å². The van der Waals surface area contributed by atoms with E-state index in [2.05, 4.69) is 20.1 Å². The SMILES string of the molecule is O=C(OCc1csc(-c2ccccn2)n1)c1ccc(Cn2cncn2)cc1. The Bertz CT molecular complexity index is 1010. The highest BCUT2D eigenvalue weighted by molar-refractivity contribution is 7.13. The van der Waals surface area contributed by atoms with E-state index in [1.165, 1.54) is 17.7 Å². The van der Waals surface area contributed by atoms with Gasteiger partial charge in [0.1, 0.15) is 24.3 Å². The molecule has 3 heterocycles. The first kappa shape index (κ1) is 17.0. The van der Waals surface area contributed by atoms with Crippen molar-refractivity contribution in [3.8, 4) is 10.7 Å². The van der Waals surface area contributed by atoms with Gasteiger partial charge in [-0.25, -0.2) is 19.4 Å². The summed E-state index contributed by atoms with van der Waals surface area (Å²) < 4.78 is 7.08. The first-order valence-corrected chi connectivity index (χ1v) is 9.10. The highest BCUT2D eigenvalue weighted by Gasteiger charge is 2.10. The van der Waals surface area contributed by atoms with Crippen molar-refractivity contribution >= 4 is 17.3 Å². The minimum atomic E-state index is -0.380. The third kappa shape index (κ3) is 4.24. The zero-order valence-electron chi connectivity index (χ0n) is 14.2. The third-order valence-electron chi connectivity index (χ3n) is 3.79. The Morgan fingerprint density at radius 1 is 1.15 bits per heavy atom. The molecule has 0 saturated heterocycles. The second-order valence-corrected chi connectivity index (χ2v) is 6.58. The molecular weight excluding hydrogens is 362 g/mol. The maximum Gasteiger partial charge on any atom is 0.338 e.